The molecule has 3 heteroatoms. The SMILES string of the molecule is C=Cc1oc2cccc(OI)c2c1/C=C\C. The molecule has 0 amide bonds. The molecule has 0 N–H and O–H groups in total. The van der Waals surface area contributed by atoms with Crippen LogP contribution in [0.4, 0.5) is 0 Å². The van der Waals surface area contributed by atoms with Crippen molar-refractivity contribution in [2.75, 3.05) is 0 Å². The van der Waals surface area contributed by atoms with Crippen LogP contribution >= 0.6 is 23.0 Å². The highest BCUT2D eigenvalue weighted by Gasteiger charge is 2.13. The first-order valence-electron chi connectivity index (χ1n) is 4.91. The minimum Gasteiger partial charge on any atom is -0.456 e. The molecule has 16 heavy (non-hydrogen) atoms. The second-order valence-corrected chi connectivity index (χ2v) is 3.73. The number of hydrogen-bond acceptors (Lipinski definition) is 2. The third kappa shape index (κ3) is 1.75. The van der Waals surface area contributed by atoms with Gasteiger partial charge < -0.3 is 7.48 Å². The molecule has 0 saturated carbocycles. The van der Waals surface area contributed by atoms with E-state index >= 15 is 0 Å². The van der Waals surface area contributed by atoms with Crippen molar-refractivity contribution in [1.29, 1.82) is 0 Å². The number of allylic oxidation sites excluding steroid dienone is 1. The summed E-state index contributed by atoms with van der Waals surface area (Å²) < 4.78 is 11.0. The van der Waals surface area contributed by atoms with Gasteiger partial charge in [-0.1, -0.05) is 24.8 Å². The molecule has 0 aliphatic carbocycles. The maximum absolute atomic E-state index is 5.69. The zero-order valence-electron chi connectivity index (χ0n) is 8.87. The van der Waals surface area contributed by atoms with Gasteiger partial charge in [0.2, 0.25) is 0 Å². The van der Waals surface area contributed by atoms with E-state index in [9.17, 15) is 0 Å². The normalized spacial score (nSPS) is 11.1. The summed E-state index contributed by atoms with van der Waals surface area (Å²) in [7, 11) is 0. The Hall–Kier alpha value is -1.23. The van der Waals surface area contributed by atoms with E-state index in [1.54, 1.807) is 6.08 Å². The molecule has 2 aromatic rings. The molecule has 0 fully saturated rings. The van der Waals surface area contributed by atoms with Gasteiger partial charge in [0, 0.05) is 5.56 Å². The van der Waals surface area contributed by atoms with Gasteiger partial charge in [-0.05, 0) is 25.1 Å². The van der Waals surface area contributed by atoms with Crippen LogP contribution in [0.15, 0.2) is 35.3 Å². The Kier molecular flexibility index (Phi) is 3.33. The van der Waals surface area contributed by atoms with Crippen LogP contribution in [0.1, 0.15) is 18.2 Å². The van der Waals surface area contributed by atoms with Gasteiger partial charge in [0.05, 0.1) is 5.39 Å². The third-order valence-corrected chi connectivity index (χ3v) is 2.82. The second-order valence-electron chi connectivity index (χ2n) is 3.29. The largest absolute Gasteiger partial charge is 0.456 e. The predicted octanol–water partition coefficient (Wildman–Crippen LogP) is 4.84. The number of hydrogen-bond donors (Lipinski definition) is 0. The van der Waals surface area contributed by atoms with E-state index in [4.69, 9.17) is 7.48 Å². The average molecular weight is 326 g/mol. The fourth-order valence-electron chi connectivity index (χ4n) is 1.71. The number of benzene rings is 1. The minimum absolute atomic E-state index is 0.772. The van der Waals surface area contributed by atoms with Gasteiger partial charge in [-0.3, -0.25) is 0 Å². The molecule has 1 heterocycles. The number of halogens is 1. The monoisotopic (exact) mass is 326 g/mol. The summed E-state index contributed by atoms with van der Waals surface area (Å²) in [5.41, 5.74) is 1.83. The fourth-order valence-corrected chi connectivity index (χ4v) is 2.07. The van der Waals surface area contributed by atoms with E-state index in [0.717, 1.165) is 28.0 Å². The summed E-state index contributed by atoms with van der Waals surface area (Å²) in [5, 5.41) is 0.991. The summed E-state index contributed by atoms with van der Waals surface area (Å²) >= 11 is 1.88. The van der Waals surface area contributed by atoms with Crippen molar-refractivity contribution in [2.24, 2.45) is 0 Å². The van der Waals surface area contributed by atoms with E-state index in [-0.39, 0.29) is 0 Å². The first kappa shape index (κ1) is 11.3. The van der Waals surface area contributed by atoms with Crippen LogP contribution in [0.25, 0.3) is 23.1 Å². The van der Waals surface area contributed by atoms with Crippen molar-refractivity contribution in [3.8, 4) is 5.75 Å². The van der Waals surface area contributed by atoms with Gasteiger partial charge >= 0.3 is 0 Å². The summed E-state index contributed by atoms with van der Waals surface area (Å²) in [6.45, 7) is 5.73. The quantitative estimate of drug-likeness (QED) is 0.753. The van der Waals surface area contributed by atoms with E-state index < -0.39 is 0 Å². The molecule has 0 aliphatic heterocycles. The maximum Gasteiger partial charge on any atom is 0.192 e. The number of rotatable bonds is 3. The Morgan fingerprint density at radius 3 is 2.88 bits per heavy atom. The molecule has 2 nitrogen and oxygen atoms in total. The second kappa shape index (κ2) is 4.74. The maximum atomic E-state index is 5.69. The molecule has 0 bridgehead atoms. The van der Waals surface area contributed by atoms with Crippen molar-refractivity contribution in [1.82, 2.24) is 0 Å². The molecule has 0 spiro atoms. The molecule has 1 aromatic heterocycles. The molecule has 0 saturated heterocycles. The van der Waals surface area contributed by atoms with Crippen molar-refractivity contribution >= 4 is 46.1 Å². The van der Waals surface area contributed by atoms with Crippen LogP contribution in [0.5, 0.6) is 5.75 Å². The van der Waals surface area contributed by atoms with Crippen LogP contribution in [0, 0.1) is 0 Å². The lowest BCUT2D eigenvalue weighted by molar-refractivity contribution is 0.603. The molecule has 0 aliphatic rings. The Morgan fingerprint density at radius 1 is 1.44 bits per heavy atom. The lowest BCUT2D eigenvalue weighted by Crippen LogP contribution is -1.78. The lowest BCUT2D eigenvalue weighted by Gasteiger charge is -1.98. The highest BCUT2D eigenvalue weighted by Crippen LogP contribution is 2.35. The fraction of sp³-hybridized carbons (Fsp3) is 0.0769. The summed E-state index contributed by atoms with van der Waals surface area (Å²) in [6.07, 6.45) is 5.69. The minimum atomic E-state index is 0.772. The molecular formula is C13H11IO2. The Balaban J connectivity index is 2.85. The highest BCUT2D eigenvalue weighted by molar-refractivity contribution is 14.1. The summed E-state index contributed by atoms with van der Waals surface area (Å²) in [4.78, 5) is 0. The first-order chi connectivity index (χ1) is 7.81. The van der Waals surface area contributed by atoms with E-state index in [1.807, 2.05) is 60.3 Å². The Morgan fingerprint density at radius 2 is 2.25 bits per heavy atom. The van der Waals surface area contributed by atoms with Crippen LogP contribution in [0.2, 0.25) is 0 Å². The van der Waals surface area contributed by atoms with Gasteiger partial charge in [0.15, 0.2) is 23.0 Å². The van der Waals surface area contributed by atoms with Crippen molar-refractivity contribution in [2.45, 2.75) is 6.92 Å². The Labute approximate surface area is 108 Å². The van der Waals surface area contributed by atoms with E-state index in [1.165, 1.54) is 0 Å². The smallest absolute Gasteiger partial charge is 0.192 e. The summed E-state index contributed by atoms with van der Waals surface area (Å²) in [5.74, 6) is 1.58. The van der Waals surface area contributed by atoms with E-state index in [2.05, 4.69) is 6.58 Å². The lowest BCUT2D eigenvalue weighted by atomic mass is 10.1. The van der Waals surface area contributed by atoms with Gasteiger partial charge in [0.25, 0.3) is 0 Å². The highest BCUT2D eigenvalue weighted by atomic mass is 127. The van der Waals surface area contributed by atoms with Gasteiger partial charge in [-0.25, -0.2) is 0 Å². The molecule has 1 aromatic carbocycles. The van der Waals surface area contributed by atoms with Gasteiger partial charge in [0.1, 0.15) is 17.1 Å². The zero-order chi connectivity index (χ0) is 11.5. The molecule has 2 rings (SSSR count). The zero-order valence-corrected chi connectivity index (χ0v) is 11.0. The molecule has 0 unspecified atom stereocenters. The molecule has 82 valence electrons. The van der Waals surface area contributed by atoms with Crippen LogP contribution in [-0.4, -0.2) is 0 Å². The molecule has 0 atom stereocenters. The summed E-state index contributed by atoms with van der Waals surface area (Å²) in [6, 6.07) is 5.75. The Bertz CT molecular complexity index is 552. The van der Waals surface area contributed by atoms with Crippen LogP contribution in [-0.2, 0) is 0 Å². The third-order valence-electron chi connectivity index (χ3n) is 2.34. The standard InChI is InChI=1S/C13H11IO2/c1-3-6-9-10(4-2)15-11-7-5-8-12(16-14)13(9)11/h3-8H,2H2,1H3/b6-3-. The number of furan rings is 1. The van der Waals surface area contributed by atoms with Gasteiger partial charge in [-0.15, -0.1) is 0 Å². The predicted molar refractivity (Wildman–Crippen MR) is 75.7 cm³/mol. The van der Waals surface area contributed by atoms with Crippen molar-refractivity contribution < 1.29 is 7.48 Å². The molecule has 0 radical (unpaired) electrons. The molecular weight excluding hydrogens is 315 g/mol. The van der Waals surface area contributed by atoms with E-state index in [0.29, 0.717) is 0 Å². The topological polar surface area (TPSA) is 22.4 Å². The van der Waals surface area contributed by atoms with Crippen LogP contribution < -0.4 is 3.07 Å². The van der Waals surface area contributed by atoms with Crippen molar-refractivity contribution in [3.05, 3.63) is 42.2 Å². The average Bonchev–Trinajstić information content (AvgIpc) is 2.68. The van der Waals surface area contributed by atoms with Crippen LogP contribution in [0.3, 0.4) is 0 Å². The number of fused-ring (bicyclic) bond motifs is 1. The van der Waals surface area contributed by atoms with Gasteiger partial charge in [-0.2, -0.15) is 0 Å². The first-order valence-corrected chi connectivity index (χ1v) is 5.79. The van der Waals surface area contributed by atoms with Crippen molar-refractivity contribution in [3.63, 3.8) is 0 Å².